The van der Waals surface area contributed by atoms with Gasteiger partial charge in [-0.15, -0.1) is 0 Å². The number of nitrogens with one attached hydrogen (secondary N) is 1. The Labute approximate surface area is 149 Å². The first-order valence-corrected chi connectivity index (χ1v) is 8.23. The molecule has 1 N–H and O–H groups in total. The molecule has 1 amide bonds. The number of hydrogen-bond acceptors (Lipinski definition) is 3. The van der Waals surface area contributed by atoms with Gasteiger partial charge >= 0.3 is 5.97 Å². The Kier molecular flexibility index (Phi) is 4.78. The third-order valence-corrected chi connectivity index (χ3v) is 4.77. The van der Waals surface area contributed by atoms with Crippen LogP contribution in [0, 0.1) is 0 Å². The van der Waals surface area contributed by atoms with Gasteiger partial charge in [0.25, 0.3) is 5.91 Å². The minimum atomic E-state index is -0.399. The van der Waals surface area contributed by atoms with Crippen molar-refractivity contribution in [3.63, 3.8) is 0 Å². The molecular formula is C18H15Cl2NO3. The molecule has 0 unspecified atom stereocenters. The Morgan fingerprint density at radius 2 is 1.88 bits per heavy atom. The Morgan fingerprint density at radius 3 is 2.54 bits per heavy atom. The highest BCUT2D eigenvalue weighted by atomic mass is 35.5. The fourth-order valence-corrected chi connectivity index (χ4v) is 3.51. The SMILES string of the molecule is COC(=O)c1ccc2c(c1)[C@H](NC(=O)c1c(Cl)cccc1Cl)CC2. The highest BCUT2D eigenvalue weighted by Crippen LogP contribution is 2.33. The van der Waals surface area contributed by atoms with Crippen molar-refractivity contribution in [3.8, 4) is 0 Å². The smallest absolute Gasteiger partial charge is 0.337 e. The zero-order valence-electron chi connectivity index (χ0n) is 12.9. The lowest BCUT2D eigenvalue weighted by molar-refractivity contribution is 0.0600. The molecule has 2 aromatic carbocycles. The minimum Gasteiger partial charge on any atom is -0.465 e. The molecule has 0 saturated heterocycles. The number of rotatable bonds is 3. The molecule has 4 nitrogen and oxygen atoms in total. The van der Waals surface area contributed by atoms with Crippen molar-refractivity contribution in [3.05, 3.63) is 68.7 Å². The number of fused-ring (bicyclic) bond motifs is 1. The highest BCUT2D eigenvalue weighted by molar-refractivity contribution is 6.39. The van der Waals surface area contributed by atoms with E-state index < -0.39 is 5.97 Å². The number of benzene rings is 2. The maximum Gasteiger partial charge on any atom is 0.337 e. The number of hydrogen-bond donors (Lipinski definition) is 1. The van der Waals surface area contributed by atoms with Crippen LogP contribution in [0.5, 0.6) is 0 Å². The molecule has 1 aliphatic rings. The predicted molar refractivity (Wildman–Crippen MR) is 92.8 cm³/mol. The maximum absolute atomic E-state index is 12.6. The Hall–Kier alpha value is -2.04. The molecule has 24 heavy (non-hydrogen) atoms. The molecule has 1 atom stereocenters. The van der Waals surface area contributed by atoms with E-state index in [-0.39, 0.29) is 17.5 Å². The molecule has 0 spiro atoms. The lowest BCUT2D eigenvalue weighted by Gasteiger charge is -2.16. The summed E-state index contributed by atoms with van der Waals surface area (Å²) in [6.07, 6.45) is 1.59. The van der Waals surface area contributed by atoms with Crippen molar-refractivity contribution in [1.29, 1.82) is 0 Å². The Bertz CT molecular complexity index is 800. The number of methoxy groups -OCH3 is 1. The molecule has 1 aliphatic carbocycles. The van der Waals surface area contributed by atoms with Gasteiger partial charge in [-0.05, 0) is 48.2 Å². The second-order valence-corrected chi connectivity index (χ2v) is 6.38. The van der Waals surface area contributed by atoms with Crippen LogP contribution in [0.25, 0.3) is 0 Å². The molecule has 0 aromatic heterocycles. The molecule has 6 heteroatoms. The van der Waals surface area contributed by atoms with Crippen molar-refractivity contribution in [2.75, 3.05) is 7.11 Å². The number of amides is 1. The van der Waals surface area contributed by atoms with Gasteiger partial charge in [0, 0.05) is 0 Å². The van der Waals surface area contributed by atoms with Gasteiger partial charge in [0.15, 0.2) is 0 Å². The quantitative estimate of drug-likeness (QED) is 0.831. The summed E-state index contributed by atoms with van der Waals surface area (Å²) in [4.78, 5) is 24.3. The van der Waals surface area contributed by atoms with Crippen LogP contribution in [0.15, 0.2) is 36.4 Å². The van der Waals surface area contributed by atoms with Gasteiger partial charge in [-0.2, -0.15) is 0 Å². The van der Waals surface area contributed by atoms with Gasteiger partial charge < -0.3 is 10.1 Å². The van der Waals surface area contributed by atoms with E-state index >= 15 is 0 Å². The van der Waals surface area contributed by atoms with Crippen molar-refractivity contribution >= 4 is 35.1 Å². The molecule has 124 valence electrons. The zero-order valence-corrected chi connectivity index (χ0v) is 14.4. The van der Waals surface area contributed by atoms with Crippen LogP contribution >= 0.6 is 23.2 Å². The number of ether oxygens (including phenoxy) is 1. The van der Waals surface area contributed by atoms with Crippen LogP contribution in [0.2, 0.25) is 10.0 Å². The summed E-state index contributed by atoms with van der Waals surface area (Å²) in [5.41, 5.74) is 2.76. The summed E-state index contributed by atoms with van der Waals surface area (Å²) in [6, 6.07) is 10.2. The standard InChI is InChI=1S/C18H15Cl2NO3/c1-24-18(23)11-6-5-10-7-8-15(12(10)9-11)21-17(22)16-13(19)3-2-4-14(16)20/h2-6,9,15H,7-8H2,1H3,(H,21,22)/t15-/m1/s1. The maximum atomic E-state index is 12.6. The largest absolute Gasteiger partial charge is 0.465 e. The van der Waals surface area contributed by atoms with Crippen LogP contribution in [0.4, 0.5) is 0 Å². The summed E-state index contributed by atoms with van der Waals surface area (Å²) < 4.78 is 4.75. The summed E-state index contributed by atoms with van der Waals surface area (Å²) in [5.74, 6) is -0.726. The van der Waals surface area contributed by atoms with E-state index in [1.165, 1.54) is 7.11 Å². The van der Waals surface area contributed by atoms with E-state index in [9.17, 15) is 9.59 Å². The van der Waals surface area contributed by atoms with Crippen molar-refractivity contribution in [1.82, 2.24) is 5.32 Å². The fourth-order valence-electron chi connectivity index (χ4n) is 2.94. The highest BCUT2D eigenvalue weighted by Gasteiger charge is 2.27. The molecule has 0 aliphatic heterocycles. The number of esters is 1. The summed E-state index contributed by atoms with van der Waals surface area (Å²) in [5, 5.41) is 3.57. The van der Waals surface area contributed by atoms with Gasteiger partial charge in [0.1, 0.15) is 0 Å². The van der Waals surface area contributed by atoms with E-state index in [1.54, 1.807) is 30.3 Å². The summed E-state index contributed by atoms with van der Waals surface area (Å²) in [7, 11) is 1.34. The van der Waals surface area contributed by atoms with Crippen LogP contribution in [0.1, 0.15) is 44.3 Å². The average molecular weight is 364 g/mol. The average Bonchev–Trinajstić information content (AvgIpc) is 2.96. The first-order chi connectivity index (χ1) is 11.5. The van der Waals surface area contributed by atoms with E-state index in [0.717, 1.165) is 24.0 Å². The van der Waals surface area contributed by atoms with Crippen molar-refractivity contribution in [2.45, 2.75) is 18.9 Å². The first kappa shape index (κ1) is 16.8. The Balaban J connectivity index is 1.86. The van der Waals surface area contributed by atoms with Gasteiger partial charge in [-0.3, -0.25) is 4.79 Å². The van der Waals surface area contributed by atoms with Crippen molar-refractivity contribution in [2.24, 2.45) is 0 Å². The Morgan fingerprint density at radius 1 is 1.17 bits per heavy atom. The lowest BCUT2D eigenvalue weighted by Crippen LogP contribution is -2.27. The second-order valence-electron chi connectivity index (χ2n) is 5.57. The molecule has 0 heterocycles. The van der Waals surface area contributed by atoms with Gasteiger partial charge in [0.05, 0.1) is 34.3 Å². The topological polar surface area (TPSA) is 55.4 Å². The predicted octanol–water partition coefficient (Wildman–Crippen LogP) is 4.20. The van der Waals surface area contributed by atoms with E-state index in [0.29, 0.717) is 15.6 Å². The summed E-state index contributed by atoms with van der Waals surface area (Å²) in [6.45, 7) is 0. The molecule has 3 rings (SSSR count). The van der Waals surface area contributed by atoms with Crippen LogP contribution < -0.4 is 5.32 Å². The number of carbonyl (C=O) groups is 2. The van der Waals surface area contributed by atoms with Gasteiger partial charge in [0.2, 0.25) is 0 Å². The third kappa shape index (κ3) is 3.12. The van der Waals surface area contributed by atoms with E-state index in [1.807, 2.05) is 6.07 Å². The van der Waals surface area contributed by atoms with Crippen LogP contribution in [-0.4, -0.2) is 19.0 Å². The minimum absolute atomic E-state index is 0.190. The number of aryl methyl sites for hydroxylation is 1. The van der Waals surface area contributed by atoms with Gasteiger partial charge in [-0.25, -0.2) is 4.79 Å². The fraction of sp³-hybridized carbons (Fsp3) is 0.222. The number of halogens is 2. The molecule has 0 radical (unpaired) electrons. The van der Waals surface area contributed by atoms with Crippen LogP contribution in [0.3, 0.4) is 0 Å². The van der Waals surface area contributed by atoms with Gasteiger partial charge in [-0.1, -0.05) is 35.3 Å². The van der Waals surface area contributed by atoms with E-state index in [4.69, 9.17) is 27.9 Å². The molecule has 0 fully saturated rings. The molecular weight excluding hydrogens is 349 g/mol. The zero-order chi connectivity index (χ0) is 17.3. The van der Waals surface area contributed by atoms with E-state index in [2.05, 4.69) is 5.32 Å². The molecule has 2 aromatic rings. The monoisotopic (exact) mass is 363 g/mol. The summed E-state index contributed by atoms with van der Waals surface area (Å²) >= 11 is 12.2. The first-order valence-electron chi connectivity index (χ1n) is 7.47. The van der Waals surface area contributed by atoms with Crippen molar-refractivity contribution < 1.29 is 14.3 Å². The second kappa shape index (κ2) is 6.83. The number of carbonyl (C=O) groups excluding carboxylic acids is 2. The van der Waals surface area contributed by atoms with Crippen LogP contribution in [-0.2, 0) is 11.2 Å². The normalized spacial score (nSPS) is 15.7. The lowest BCUT2D eigenvalue weighted by atomic mass is 10.0. The molecule has 0 bridgehead atoms. The molecule has 0 saturated carbocycles. The third-order valence-electron chi connectivity index (χ3n) is 4.14.